The predicted molar refractivity (Wildman–Crippen MR) is 67.1 cm³/mol. The van der Waals surface area contributed by atoms with Gasteiger partial charge in [0.1, 0.15) is 4.90 Å². The Kier molecular flexibility index (Phi) is 3.10. The maximum Gasteiger partial charge on any atom is 0.283 e. The first-order chi connectivity index (χ1) is 8.09. The van der Waals surface area contributed by atoms with Gasteiger partial charge in [-0.1, -0.05) is 24.3 Å². The number of nitro groups is 1. The molecule has 0 aliphatic rings. The first-order valence-corrected chi connectivity index (χ1v) is 5.76. The summed E-state index contributed by atoms with van der Waals surface area (Å²) in [5.41, 5.74) is -0.0242. The highest BCUT2D eigenvalue weighted by Crippen LogP contribution is 2.36. The van der Waals surface area contributed by atoms with Crippen molar-refractivity contribution < 1.29 is 9.72 Å². The molecule has 0 aliphatic carbocycles. The van der Waals surface area contributed by atoms with Crippen LogP contribution in [-0.2, 0) is 4.79 Å². The van der Waals surface area contributed by atoms with Crippen molar-refractivity contribution in [3.05, 3.63) is 46.5 Å². The molecule has 0 radical (unpaired) electrons. The Morgan fingerprint density at radius 1 is 1.24 bits per heavy atom. The van der Waals surface area contributed by atoms with Crippen LogP contribution in [0, 0.1) is 10.1 Å². The molecule has 0 fully saturated rings. The fourth-order valence-corrected chi connectivity index (χ4v) is 2.46. The second-order valence-corrected chi connectivity index (χ2v) is 4.67. The van der Waals surface area contributed by atoms with Crippen molar-refractivity contribution in [2.75, 3.05) is 0 Å². The second kappa shape index (κ2) is 4.55. The van der Waals surface area contributed by atoms with Gasteiger partial charge in [0, 0.05) is 18.4 Å². The number of carbonyl (C=O) groups is 1. The number of nitro benzene ring substituents is 1. The second-order valence-electron chi connectivity index (χ2n) is 3.49. The van der Waals surface area contributed by atoms with Crippen LogP contribution in [-0.4, -0.2) is 10.0 Å². The monoisotopic (exact) mass is 247 g/mol. The van der Waals surface area contributed by atoms with Gasteiger partial charge in [-0.2, -0.15) is 0 Å². The first-order valence-electron chi connectivity index (χ1n) is 4.94. The highest BCUT2D eigenvalue weighted by Gasteiger charge is 2.18. The third kappa shape index (κ3) is 2.29. The van der Waals surface area contributed by atoms with Gasteiger partial charge in [0.2, 0.25) is 0 Å². The lowest BCUT2D eigenvalue weighted by molar-refractivity contribution is -0.387. The Morgan fingerprint density at radius 2 is 1.94 bits per heavy atom. The zero-order valence-corrected chi connectivity index (χ0v) is 9.86. The number of fused-ring (bicyclic) bond motifs is 1. The molecule has 17 heavy (non-hydrogen) atoms. The molecule has 0 bridgehead atoms. The molecular weight excluding hydrogens is 238 g/mol. The molecule has 0 heterocycles. The molecule has 86 valence electrons. The molecule has 2 aromatic rings. The van der Waals surface area contributed by atoms with Crippen molar-refractivity contribution >= 4 is 33.3 Å². The lowest BCUT2D eigenvalue weighted by Gasteiger charge is -2.05. The summed E-state index contributed by atoms with van der Waals surface area (Å²) in [5.74, 6) is 0. The number of hydrogen-bond donors (Lipinski definition) is 0. The maximum absolute atomic E-state index is 11.2. The van der Waals surface area contributed by atoms with Crippen molar-refractivity contribution in [1.29, 1.82) is 0 Å². The Bertz CT molecular complexity index is 610. The van der Waals surface area contributed by atoms with Gasteiger partial charge in [0.05, 0.1) is 4.92 Å². The van der Waals surface area contributed by atoms with E-state index in [-0.39, 0.29) is 10.8 Å². The molecule has 5 heteroatoms. The van der Waals surface area contributed by atoms with E-state index in [0.717, 1.165) is 22.5 Å². The smallest absolute Gasteiger partial charge is 0.283 e. The number of carbonyl (C=O) groups excluding carboxylic acids is 1. The minimum atomic E-state index is -0.461. The van der Waals surface area contributed by atoms with Crippen molar-refractivity contribution in [1.82, 2.24) is 0 Å². The van der Waals surface area contributed by atoms with Crippen LogP contribution in [0.25, 0.3) is 10.8 Å². The molecule has 2 aromatic carbocycles. The minimum absolute atomic E-state index is 0.0242. The quantitative estimate of drug-likeness (QED) is 0.463. The van der Waals surface area contributed by atoms with E-state index in [1.165, 1.54) is 13.0 Å². The van der Waals surface area contributed by atoms with E-state index in [4.69, 9.17) is 0 Å². The van der Waals surface area contributed by atoms with Gasteiger partial charge in [-0.15, -0.1) is 0 Å². The SMILES string of the molecule is CC(=O)Sc1c([N+](=O)[O-])ccc2ccccc12. The molecule has 0 saturated heterocycles. The molecule has 0 spiro atoms. The molecule has 2 rings (SSSR count). The number of nitrogens with zero attached hydrogens (tertiary/aromatic N) is 1. The first kappa shape index (κ1) is 11.6. The van der Waals surface area contributed by atoms with Crippen LogP contribution in [0.15, 0.2) is 41.3 Å². The summed E-state index contributed by atoms with van der Waals surface area (Å²) >= 11 is 0.902. The Balaban J connectivity index is 2.74. The van der Waals surface area contributed by atoms with Crippen LogP contribution in [0.4, 0.5) is 5.69 Å². The van der Waals surface area contributed by atoms with Gasteiger partial charge < -0.3 is 0 Å². The highest BCUT2D eigenvalue weighted by molar-refractivity contribution is 8.13. The van der Waals surface area contributed by atoms with Crippen LogP contribution < -0.4 is 0 Å². The van der Waals surface area contributed by atoms with Crippen molar-refractivity contribution in [3.63, 3.8) is 0 Å². The molecular formula is C12H9NO3S. The molecule has 0 atom stereocenters. The molecule has 0 aliphatic heterocycles. The van der Waals surface area contributed by atoms with Crippen LogP contribution in [0.5, 0.6) is 0 Å². The minimum Gasteiger partial charge on any atom is -0.287 e. The maximum atomic E-state index is 11.2. The molecule has 0 saturated carbocycles. The van der Waals surface area contributed by atoms with Crippen LogP contribution in [0.2, 0.25) is 0 Å². The molecule has 0 amide bonds. The molecule has 0 aromatic heterocycles. The lowest BCUT2D eigenvalue weighted by atomic mass is 10.1. The summed E-state index contributed by atoms with van der Waals surface area (Å²) in [6, 6.07) is 10.4. The van der Waals surface area contributed by atoms with Gasteiger partial charge >= 0.3 is 0 Å². The van der Waals surface area contributed by atoms with Gasteiger partial charge in [0.25, 0.3) is 5.69 Å². The third-order valence-electron chi connectivity index (χ3n) is 2.30. The predicted octanol–water partition coefficient (Wildman–Crippen LogP) is 3.39. The Morgan fingerprint density at radius 3 is 2.59 bits per heavy atom. The van der Waals surface area contributed by atoms with E-state index >= 15 is 0 Å². The average molecular weight is 247 g/mol. The average Bonchev–Trinajstić information content (AvgIpc) is 2.28. The van der Waals surface area contributed by atoms with Gasteiger partial charge in [-0.25, -0.2) is 0 Å². The topological polar surface area (TPSA) is 60.2 Å². The number of rotatable bonds is 2. The Hall–Kier alpha value is -1.88. The van der Waals surface area contributed by atoms with Crippen LogP contribution >= 0.6 is 11.8 Å². The molecule has 0 N–H and O–H groups in total. The standard InChI is InChI=1S/C12H9NO3S/c1-8(14)17-12-10-5-3-2-4-9(10)6-7-11(12)13(15)16/h2-7H,1H3. The van der Waals surface area contributed by atoms with E-state index in [1.807, 2.05) is 12.1 Å². The highest BCUT2D eigenvalue weighted by atomic mass is 32.2. The Labute approximate surface area is 102 Å². The summed E-state index contributed by atoms with van der Waals surface area (Å²) in [6.45, 7) is 1.40. The lowest BCUT2D eigenvalue weighted by Crippen LogP contribution is -1.93. The number of thioether (sulfide) groups is 1. The zero-order valence-electron chi connectivity index (χ0n) is 9.04. The normalized spacial score (nSPS) is 10.4. The third-order valence-corrected chi connectivity index (χ3v) is 3.22. The summed E-state index contributed by atoms with van der Waals surface area (Å²) < 4.78 is 0. The van der Waals surface area contributed by atoms with Crippen molar-refractivity contribution in [3.8, 4) is 0 Å². The number of benzene rings is 2. The van der Waals surface area contributed by atoms with Crippen molar-refractivity contribution in [2.45, 2.75) is 11.8 Å². The molecule has 0 unspecified atom stereocenters. The van der Waals surface area contributed by atoms with Gasteiger partial charge in [0.15, 0.2) is 5.12 Å². The summed E-state index contributed by atoms with van der Waals surface area (Å²) in [6.07, 6.45) is 0. The van der Waals surface area contributed by atoms with Crippen molar-refractivity contribution in [2.24, 2.45) is 0 Å². The van der Waals surface area contributed by atoms with Gasteiger partial charge in [-0.05, 0) is 23.2 Å². The fourth-order valence-electron chi connectivity index (χ4n) is 1.63. The van der Waals surface area contributed by atoms with E-state index in [2.05, 4.69) is 0 Å². The van der Waals surface area contributed by atoms with E-state index in [1.54, 1.807) is 18.2 Å². The summed E-state index contributed by atoms with van der Waals surface area (Å²) in [5, 5.41) is 12.4. The van der Waals surface area contributed by atoms with E-state index < -0.39 is 4.92 Å². The van der Waals surface area contributed by atoms with Crippen LogP contribution in [0.1, 0.15) is 6.92 Å². The number of hydrogen-bond acceptors (Lipinski definition) is 4. The van der Waals surface area contributed by atoms with Gasteiger partial charge in [-0.3, -0.25) is 14.9 Å². The molecule has 4 nitrogen and oxygen atoms in total. The summed E-state index contributed by atoms with van der Waals surface area (Å²) in [7, 11) is 0. The summed E-state index contributed by atoms with van der Waals surface area (Å²) in [4.78, 5) is 22.1. The largest absolute Gasteiger partial charge is 0.287 e. The van der Waals surface area contributed by atoms with E-state index in [9.17, 15) is 14.9 Å². The zero-order chi connectivity index (χ0) is 12.4. The van der Waals surface area contributed by atoms with E-state index in [0.29, 0.717) is 4.90 Å². The fraction of sp³-hybridized carbons (Fsp3) is 0.0833. The van der Waals surface area contributed by atoms with Crippen LogP contribution in [0.3, 0.4) is 0 Å².